The summed E-state index contributed by atoms with van der Waals surface area (Å²) in [6, 6.07) is 0. The molecule has 1 aliphatic heterocycles. The average Bonchev–Trinajstić information content (AvgIpc) is 2.57. The quantitative estimate of drug-likeness (QED) is 0.758. The molecule has 1 rings (SSSR count). The van der Waals surface area contributed by atoms with Crippen LogP contribution in [-0.2, 0) is 18.3 Å². The molecule has 0 unspecified atom stereocenters. The summed E-state index contributed by atoms with van der Waals surface area (Å²) in [5.74, 6) is -0.665. The molecule has 0 aromatic rings. The number of aliphatic hydroxyl groups is 1. The topological polar surface area (TPSA) is 65.0 Å². The van der Waals surface area contributed by atoms with Crippen molar-refractivity contribution in [1.82, 2.24) is 0 Å². The van der Waals surface area contributed by atoms with Gasteiger partial charge in [-0.1, -0.05) is 6.92 Å². The Kier molecular flexibility index (Phi) is 5.81. The summed E-state index contributed by atoms with van der Waals surface area (Å²) in [4.78, 5) is 0. The molecule has 5 nitrogen and oxygen atoms in total. The van der Waals surface area contributed by atoms with Gasteiger partial charge in [0.05, 0.1) is 24.4 Å². The fourth-order valence-corrected chi connectivity index (χ4v) is 4.30. The van der Waals surface area contributed by atoms with Crippen molar-refractivity contribution >= 4 is 7.60 Å². The highest BCUT2D eigenvalue weighted by Crippen LogP contribution is 2.59. The molecule has 1 fully saturated rings. The lowest BCUT2D eigenvalue weighted by atomic mass is 10.1. The lowest BCUT2D eigenvalue weighted by Crippen LogP contribution is -2.20. The van der Waals surface area contributed by atoms with Gasteiger partial charge in [0, 0.05) is 6.42 Å². The number of hydrogen-bond acceptors (Lipinski definition) is 5. The molecule has 6 heteroatoms. The van der Waals surface area contributed by atoms with Gasteiger partial charge in [-0.3, -0.25) is 4.57 Å². The predicted molar refractivity (Wildman–Crippen MR) is 69.6 cm³/mol. The van der Waals surface area contributed by atoms with E-state index in [0.29, 0.717) is 12.8 Å². The second-order valence-corrected chi connectivity index (χ2v) is 7.27. The largest absolute Gasteiger partial charge is 0.390 e. The summed E-state index contributed by atoms with van der Waals surface area (Å²) in [5, 5.41) is 9.83. The van der Waals surface area contributed by atoms with Crippen molar-refractivity contribution in [2.24, 2.45) is 0 Å². The molecule has 0 saturated carbocycles. The van der Waals surface area contributed by atoms with E-state index in [1.54, 1.807) is 27.7 Å². The zero-order valence-electron chi connectivity index (χ0n) is 11.8. The number of ether oxygens (including phenoxy) is 1. The van der Waals surface area contributed by atoms with Gasteiger partial charge >= 0.3 is 7.60 Å². The molecule has 108 valence electrons. The van der Waals surface area contributed by atoms with Crippen molar-refractivity contribution in [3.8, 4) is 0 Å². The fraction of sp³-hybridized carbons (Fsp3) is 1.00. The van der Waals surface area contributed by atoms with Crippen LogP contribution in [0.5, 0.6) is 0 Å². The summed E-state index contributed by atoms with van der Waals surface area (Å²) < 4.78 is 29.3. The number of hydrogen-bond donors (Lipinski definition) is 1. The molecular formula is C12H25O5P. The average molecular weight is 280 g/mol. The van der Waals surface area contributed by atoms with Crippen molar-refractivity contribution in [2.75, 3.05) is 0 Å². The zero-order valence-corrected chi connectivity index (χ0v) is 12.7. The minimum Gasteiger partial charge on any atom is -0.390 e. The molecule has 0 aromatic heterocycles. The normalized spacial score (nSPS) is 29.4. The second-order valence-electron chi connectivity index (χ2n) is 5.19. The molecule has 0 amide bonds. The highest BCUT2D eigenvalue weighted by molar-refractivity contribution is 7.54. The van der Waals surface area contributed by atoms with E-state index in [9.17, 15) is 9.67 Å². The Morgan fingerprint density at radius 2 is 1.78 bits per heavy atom. The van der Waals surface area contributed by atoms with Crippen LogP contribution in [0.1, 0.15) is 47.5 Å². The van der Waals surface area contributed by atoms with Crippen LogP contribution < -0.4 is 0 Å². The van der Waals surface area contributed by atoms with E-state index in [2.05, 4.69) is 0 Å². The van der Waals surface area contributed by atoms with Gasteiger partial charge in [0.25, 0.3) is 0 Å². The highest BCUT2D eigenvalue weighted by Gasteiger charge is 2.47. The Hall–Kier alpha value is 0.0700. The van der Waals surface area contributed by atoms with Gasteiger partial charge in [0.15, 0.2) is 5.85 Å². The van der Waals surface area contributed by atoms with Crippen LogP contribution in [0.15, 0.2) is 0 Å². The second kappa shape index (κ2) is 6.49. The van der Waals surface area contributed by atoms with Gasteiger partial charge < -0.3 is 18.9 Å². The molecular weight excluding hydrogens is 255 g/mol. The molecule has 0 aliphatic carbocycles. The van der Waals surface area contributed by atoms with Crippen LogP contribution in [0.25, 0.3) is 0 Å². The molecule has 1 saturated heterocycles. The van der Waals surface area contributed by atoms with E-state index >= 15 is 0 Å². The fourth-order valence-electron chi connectivity index (χ4n) is 2.03. The molecule has 0 radical (unpaired) electrons. The number of aliphatic hydroxyl groups excluding tert-OH is 1. The Balaban J connectivity index is 2.81. The first-order valence-corrected chi connectivity index (χ1v) is 8.19. The van der Waals surface area contributed by atoms with E-state index in [-0.39, 0.29) is 18.3 Å². The molecule has 0 aromatic carbocycles. The third-order valence-electron chi connectivity index (χ3n) is 2.67. The van der Waals surface area contributed by atoms with E-state index in [1.165, 1.54) is 0 Å². The van der Waals surface area contributed by atoms with Crippen molar-refractivity contribution in [3.63, 3.8) is 0 Å². The van der Waals surface area contributed by atoms with Gasteiger partial charge in [-0.2, -0.15) is 0 Å². The van der Waals surface area contributed by atoms with Crippen LogP contribution in [0.2, 0.25) is 0 Å². The van der Waals surface area contributed by atoms with Gasteiger partial charge in [-0.15, -0.1) is 0 Å². The third-order valence-corrected chi connectivity index (χ3v) is 5.14. The van der Waals surface area contributed by atoms with Crippen molar-refractivity contribution in [2.45, 2.75) is 77.7 Å². The number of rotatable bonds is 6. The SMILES string of the molecule is CC[C@H]1O[C@@H](P(=O)(OC(C)C)OC(C)C)C[C@@H]1O. The monoisotopic (exact) mass is 280 g/mol. The van der Waals surface area contributed by atoms with Crippen LogP contribution >= 0.6 is 7.60 Å². The Morgan fingerprint density at radius 1 is 1.28 bits per heavy atom. The summed E-state index contributed by atoms with van der Waals surface area (Å²) in [5.41, 5.74) is 0. The van der Waals surface area contributed by atoms with Crippen molar-refractivity contribution in [3.05, 3.63) is 0 Å². The van der Waals surface area contributed by atoms with Crippen molar-refractivity contribution in [1.29, 1.82) is 0 Å². The first kappa shape index (κ1) is 16.1. The van der Waals surface area contributed by atoms with Gasteiger partial charge in [0.2, 0.25) is 0 Å². The van der Waals surface area contributed by atoms with Crippen LogP contribution in [0, 0.1) is 0 Å². The molecule has 1 aliphatic rings. The standard InChI is InChI=1S/C12H25O5P/c1-6-11-10(13)7-12(15-11)18(14,16-8(2)3)17-9(4)5/h8-13H,6-7H2,1-5H3/t10-,11+,12-/m0/s1. The highest BCUT2D eigenvalue weighted by atomic mass is 31.2. The Morgan fingerprint density at radius 3 is 2.11 bits per heavy atom. The molecule has 1 heterocycles. The van der Waals surface area contributed by atoms with E-state index in [4.69, 9.17) is 13.8 Å². The maximum Gasteiger partial charge on any atom is 0.359 e. The Bertz CT molecular complexity index is 291. The van der Waals surface area contributed by atoms with E-state index < -0.39 is 19.5 Å². The molecule has 0 spiro atoms. The third kappa shape index (κ3) is 4.04. The first-order valence-electron chi connectivity index (χ1n) is 6.58. The molecule has 1 N–H and O–H groups in total. The minimum atomic E-state index is -3.35. The summed E-state index contributed by atoms with van der Waals surface area (Å²) in [6.45, 7) is 9.14. The lowest BCUT2D eigenvalue weighted by molar-refractivity contribution is 0.0149. The smallest absolute Gasteiger partial charge is 0.359 e. The maximum atomic E-state index is 12.8. The van der Waals surface area contributed by atoms with Gasteiger partial charge in [-0.25, -0.2) is 0 Å². The first-order chi connectivity index (χ1) is 8.28. The van der Waals surface area contributed by atoms with Crippen LogP contribution in [0.3, 0.4) is 0 Å². The molecule has 0 bridgehead atoms. The van der Waals surface area contributed by atoms with Crippen LogP contribution in [-0.4, -0.2) is 35.4 Å². The van der Waals surface area contributed by atoms with Crippen LogP contribution in [0.4, 0.5) is 0 Å². The summed E-state index contributed by atoms with van der Waals surface area (Å²) >= 11 is 0. The van der Waals surface area contributed by atoms with Gasteiger partial charge in [0.1, 0.15) is 0 Å². The van der Waals surface area contributed by atoms with Gasteiger partial charge in [-0.05, 0) is 34.1 Å². The van der Waals surface area contributed by atoms with Crippen molar-refractivity contribution < 1.29 is 23.5 Å². The lowest BCUT2D eigenvalue weighted by Gasteiger charge is -2.27. The molecule has 3 atom stereocenters. The summed E-state index contributed by atoms with van der Waals surface area (Å²) in [7, 11) is -3.35. The van der Waals surface area contributed by atoms with E-state index in [1.807, 2.05) is 6.92 Å². The molecule has 18 heavy (non-hydrogen) atoms. The minimum absolute atomic E-state index is 0.212. The predicted octanol–water partition coefficient (Wildman–Crippen LogP) is 2.92. The Labute approximate surface area is 109 Å². The summed E-state index contributed by atoms with van der Waals surface area (Å²) in [6.07, 6.45) is -0.322. The maximum absolute atomic E-state index is 12.8. The van der Waals surface area contributed by atoms with E-state index in [0.717, 1.165) is 0 Å². The zero-order chi connectivity index (χ0) is 13.9.